The van der Waals surface area contributed by atoms with Gasteiger partial charge in [0.15, 0.2) is 0 Å². The molecule has 3 N–H and O–H groups in total. The van der Waals surface area contributed by atoms with E-state index in [0.29, 0.717) is 11.5 Å². The summed E-state index contributed by atoms with van der Waals surface area (Å²) < 4.78 is 0. The van der Waals surface area contributed by atoms with Gasteiger partial charge in [-0.3, -0.25) is 9.59 Å². The number of rotatable bonds is 9. The fourth-order valence-electron chi connectivity index (χ4n) is 3.53. The Morgan fingerprint density at radius 2 is 1.77 bits per heavy atom. The lowest BCUT2D eigenvalue weighted by molar-refractivity contribution is -0.136. The minimum Gasteiger partial charge on any atom is -0.481 e. The maximum absolute atomic E-state index is 12.2. The van der Waals surface area contributed by atoms with Crippen LogP contribution in [0.15, 0.2) is 54.6 Å². The molecule has 0 saturated heterocycles. The van der Waals surface area contributed by atoms with Crippen LogP contribution in [-0.2, 0) is 4.79 Å². The third-order valence-electron chi connectivity index (χ3n) is 5.13. The van der Waals surface area contributed by atoms with Crippen molar-refractivity contribution in [1.29, 1.82) is 0 Å². The summed E-state index contributed by atoms with van der Waals surface area (Å²) in [5, 5.41) is 16.1. The number of aryl methyl sites for hydroxylation is 1. The van der Waals surface area contributed by atoms with Crippen LogP contribution in [0.5, 0.6) is 0 Å². The van der Waals surface area contributed by atoms with Crippen LogP contribution in [0.3, 0.4) is 0 Å². The first kappa shape index (κ1) is 22.3. The Hall–Kier alpha value is -3.41. The average molecular weight is 420 g/mol. The number of benzene rings is 2. The van der Waals surface area contributed by atoms with Gasteiger partial charge in [-0.2, -0.15) is 0 Å². The van der Waals surface area contributed by atoms with Crippen molar-refractivity contribution in [1.82, 2.24) is 10.3 Å². The molecule has 162 valence electrons. The Morgan fingerprint density at radius 1 is 1.06 bits per heavy atom. The maximum Gasteiger partial charge on any atom is 0.305 e. The second-order valence-corrected chi connectivity index (χ2v) is 8.19. The summed E-state index contributed by atoms with van der Waals surface area (Å²) >= 11 is 0. The summed E-state index contributed by atoms with van der Waals surface area (Å²) in [7, 11) is 0. The van der Waals surface area contributed by atoms with E-state index in [1.54, 1.807) is 12.1 Å². The number of carboxylic acids is 1. The number of anilines is 1. The first-order chi connectivity index (χ1) is 14.8. The van der Waals surface area contributed by atoms with Crippen molar-refractivity contribution in [2.75, 3.05) is 11.9 Å². The topological polar surface area (TPSA) is 91.3 Å². The lowest BCUT2D eigenvalue weighted by atomic mass is 9.95. The number of amides is 1. The number of para-hydroxylation sites is 1. The van der Waals surface area contributed by atoms with Gasteiger partial charge in [0.05, 0.1) is 18.0 Å². The molecule has 1 atom stereocenters. The molecule has 1 amide bonds. The van der Waals surface area contributed by atoms with E-state index in [-0.39, 0.29) is 24.9 Å². The molecule has 31 heavy (non-hydrogen) atoms. The summed E-state index contributed by atoms with van der Waals surface area (Å²) in [4.78, 5) is 27.6. The molecule has 0 unspecified atom stereocenters. The van der Waals surface area contributed by atoms with Gasteiger partial charge in [0.1, 0.15) is 5.82 Å². The van der Waals surface area contributed by atoms with Crippen molar-refractivity contribution >= 4 is 28.6 Å². The van der Waals surface area contributed by atoms with E-state index in [1.807, 2.05) is 30.3 Å². The van der Waals surface area contributed by atoms with Gasteiger partial charge < -0.3 is 15.7 Å². The first-order valence-corrected chi connectivity index (χ1v) is 10.6. The van der Waals surface area contributed by atoms with E-state index in [4.69, 9.17) is 10.1 Å². The van der Waals surface area contributed by atoms with Crippen LogP contribution in [0.2, 0.25) is 0 Å². The van der Waals surface area contributed by atoms with Gasteiger partial charge in [-0.1, -0.05) is 44.2 Å². The van der Waals surface area contributed by atoms with Gasteiger partial charge >= 0.3 is 5.97 Å². The number of hydrogen-bond donors (Lipinski definition) is 3. The number of carbonyl (C=O) groups is 2. The Balaban J connectivity index is 1.79. The summed E-state index contributed by atoms with van der Waals surface area (Å²) in [6.07, 6.45) is 0.820. The zero-order valence-electron chi connectivity index (χ0n) is 18.2. The van der Waals surface area contributed by atoms with Crippen molar-refractivity contribution < 1.29 is 14.7 Å². The highest BCUT2D eigenvalue weighted by molar-refractivity contribution is 5.94. The van der Waals surface area contributed by atoms with E-state index < -0.39 is 5.97 Å². The molecule has 0 radical (unpaired) electrons. The van der Waals surface area contributed by atoms with Crippen molar-refractivity contribution in [3.8, 4) is 0 Å². The van der Waals surface area contributed by atoms with Gasteiger partial charge in [-0.15, -0.1) is 0 Å². The van der Waals surface area contributed by atoms with Crippen LogP contribution < -0.4 is 10.6 Å². The molecule has 2 aromatic carbocycles. The predicted molar refractivity (Wildman–Crippen MR) is 123 cm³/mol. The number of carbonyl (C=O) groups excluding carboxylic acids is 1. The van der Waals surface area contributed by atoms with Gasteiger partial charge in [-0.05, 0) is 54.7 Å². The zero-order valence-corrected chi connectivity index (χ0v) is 18.2. The van der Waals surface area contributed by atoms with E-state index in [1.165, 1.54) is 0 Å². The van der Waals surface area contributed by atoms with Crippen molar-refractivity contribution in [2.45, 2.75) is 39.7 Å². The fourth-order valence-corrected chi connectivity index (χ4v) is 3.53. The smallest absolute Gasteiger partial charge is 0.305 e. The molecule has 0 fully saturated rings. The molecule has 3 aromatic rings. The summed E-state index contributed by atoms with van der Waals surface area (Å²) in [5.74, 6) is 0.126. The van der Waals surface area contributed by atoms with Crippen LogP contribution in [0.4, 0.5) is 5.82 Å². The molecule has 0 aliphatic heterocycles. The van der Waals surface area contributed by atoms with Crippen LogP contribution in [-0.4, -0.2) is 28.5 Å². The molecule has 0 bridgehead atoms. The van der Waals surface area contributed by atoms with Crippen molar-refractivity contribution in [3.05, 3.63) is 71.3 Å². The minimum absolute atomic E-state index is 0.0523. The van der Waals surface area contributed by atoms with E-state index in [9.17, 15) is 9.59 Å². The Morgan fingerprint density at radius 3 is 2.45 bits per heavy atom. The maximum atomic E-state index is 12.2. The lowest BCUT2D eigenvalue weighted by Crippen LogP contribution is -2.26. The zero-order chi connectivity index (χ0) is 22.4. The molecule has 0 aliphatic rings. The van der Waals surface area contributed by atoms with Crippen LogP contribution in [0, 0.1) is 12.8 Å². The van der Waals surface area contributed by atoms with Gasteiger partial charge in [-0.25, -0.2) is 4.98 Å². The molecule has 1 heterocycles. The molecular formula is C25H29N3O3. The van der Waals surface area contributed by atoms with E-state index in [2.05, 4.69) is 43.5 Å². The SMILES string of the molecule is Cc1cc2ccccc2nc1N[C@H](CC(C)C)c1ccc(C(=O)NCCC(=O)O)cc1. The highest BCUT2D eigenvalue weighted by Crippen LogP contribution is 2.28. The molecular weight excluding hydrogens is 390 g/mol. The monoisotopic (exact) mass is 419 g/mol. The van der Waals surface area contributed by atoms with Crippen LogP contribution >= 0.6 is 0 Å². The largest absolute Gasteiger partial charge is 0.481 e. The molecule has 6 nitrogen and oxygen atoms in total. The van der Waals surface area contributed by atoms with Crippen molar-refractivity contribution in [3.63, 3.8) is 0 Å². The van der Waals surface area contributed by atoms with Crippen LogP contribution in [0.25, 0.3) is 10.9 Å². The second-order valence-electron chi connectivity index (χ2n) is 8.19. The third kappa shape index (κ3) is 6.04. The molecule has 1 aromatic heterocycles. The second kappa shape index (κ2) is 10.1. The summed E-state index contributed by atoms with van der Waals surface area (Å²) in [6, 6.07) is 17.7. The molecule has 0 spiro atoms. The van der Waals surface area contributed by atoms with E-state index in [0.717, 1.165) is 34.3 Å². The third-order valence-corrected chi connectivity index (χ3v) is 5.13. The van der Waals surface area contributed by atoms with E-state index >= 15 is 0 Å². The molecule has 3 rings (SSSR count). The normalized spacial score (nSPS) is 12.0. The number of carboxylic acid groups (broad SMARTS) is 1. The number of fused-ring (bicyclic) bond motifs is 1. The van der Waals surface area contributed by atoms with Gasteiger partial charge in [0.2, 0.25) is 0 Å². The molecule has 6 heteroatoms. The first-order valence-electron chi connectivity index (χ1n) is 10.6. The van der Waals surface area contributed by atoms with Gasteiger partial charge in [0.25, 0.3) is 5.91 Å². The highest BCUT2D eigenvalue weighted by Gasteiger charge is 2.16. The summed E-state index contributed by atoms with van der Waals surface area (Å²) in [5.41, 5.74) is 3.62. The van der Waals surface area contributed by atoms with Gasteiger partial charge in [0, 0.05) is 17.5 Å². The lowest BCUT2D eigenvalue weighted by Gasteiger charge is -2.23. The standard InChI is InChI=1S/C25H29N3O3/c1-16(2)14-22(28-24-17(3)15-20-6-4-5-7-21(20)27-24)18-8-10-19(11-9-18)25(31)26-13-12-23(29)30/h4-11,15-16,22H,12-14H2,1-3H3,(H,26,31)(H,27,28)(H,29,30)/t22-/m1/s1. The minimum atomic E-state index is -0.934. The van der Waals surface area contributed by atoms with Crippen LogP contribution in [0.1, 0.15) is 54.2 Å². The molecule has 0 saturated carbocycles. The average Bonchev–Trinajstić information content (AvgIpc) is 2.73. The summed E-state index contributed by atoms with van der Waals surface area (Å²) in [6.45, 7) is 6.53. The number of hydrogen-bond acceptors (Lipinski definition) is 4. The number of aromatic nitrogens is 1. The Labute approximate surface area is 182 Å². The fraction of sp³-hybridized carbons (Fsp3) is 0.320. The van der Waals surface area contributed by atoms with Crippen molar-refractivity contribution in [2.24, 2.45) is 5.92 Å². The number of nitrogens with one attached hydrogen (secondary N) is 2. The number of aliphatic carboxylic acids is 1. The number of nitrogens with zero attached hydrogens (tertiary/aromatic N) is 1. The Bertz CT molecular complexity index is 1060. The Kier molecular flexibility index (Phi) is 7.23. The number of pyridine rings is 1. The highest BCUT2D eigenvalue weighted by atomic mass is 16.4. The molecule has 0 aliphatic carbocycles. The quantitative estimate of drug-likeness (QED) is 0.457. The predicted octanol–water partition coefficient (Wildman–Crippen LogP) is 4.95.